The summed E-state index contributed by atoms with van der Waals surface area (Å²) in [4.78, 5) is 6.91. The van der Waals surface area contributed by atoms with Gasteiger partial charge in [-0.1, -0.05) is 18.0 Å². The van der Waals surface area contributed by atoms with Crippen LogP contribution in [0.5, 0.6) is 5.75 Å². The van der Waals surface area contributed by atoms with E-state index in [4.69, 9.17) is 16.3 Å². The number of nitrogens with one attached hydrogen (secondary N) is 1. The van der Waals surface area contributed by atoms with Gasteiger partial charge in [-0.25, -0.2) is 22.8 Å². The predicted octanol–water partition coefficient (Wildman–Crippen LogP) is 3.91. The maximum atomic E-state index is 14.8. The third kappa shape index (κ3) is 4.64. The molecule has 11 heteroatoms. The van der Waals surface area contributed by atoms with Crippen molar-refractivity contribution in [3.8, 4) is 5.75 Å². The average molecular weight is 466 g/mol. The van der Waals surface area contributed by atoms with E-state index >= 15 is 0 Å². The van der Waals surface area contributed by atoms with E-state index in [9.17, 15) is 12.8 Å². The Balaban J connectivity index is 1.59. The average Bonchev–Trinajstić information content (AvgIpc) is 3.17. The second-order valence-corrected chi connectivity index (χ2v) is 9.40. The monoisotopic (exact) mass is 465 g/mol. The molecule has 1 aromatic carbocycles. The van der Waals surface area contributed by atoms with Gasteiger partial charge in [0.2, 0.25) is 0 Å². The highest BCUT2D eigenvalue weighted by molar-refractivity contribution is 7.92. The van der Waals surface area contributed by atoms with Crippen LogP contribution in [0.1, 0.15) is 37.3 Å². The largest absolute Gasteiger partial charge is 0.488 e. The lowest BCUT2D eigenvalue weighted by atomic mass is 9.84. The minimum Gasteiger partial charge on any atom is -0.488 e. The third-order valence-electron chi connectivity index (χ3n) is 5.32. The molecule has 2 heterocycles. The van der Waals surface area contributed by atoms with Crippen LogP contribution in [0.15, 0.2) is 47.9 Å². The van der Waals surface area contributed by atoms with Crippen LogP contribution in [0.2, 0.25) is 5.02 Å². The lowest BCUT2D eigenvalue weighted by Crippen LogP contribution is -2.30. The number of anilines is 1. The van der Waals surface area contributed by atoms with Gasteiger partial charge in [-0.05, 0) is 37.5 Å². The summed E-state index contributed by atoms with van der Waals surface area (Å²) in [7, 11) is -2.36. The zero-order valence-electron chi connectivity index (χ0n) is 16.7. The van der Waals surface area contributed by atoms with Crippen LogP contribution in [0.25, 0.3) is 0 Å². The molecule has 3 aromatic rings. The Morgan fingerprint density at radius 2 is 2.03 bits per heavy atom. The molecule has 2 aromatic heterocycles. The van der Waals surface area contributed by atoms with E-state index in [0.717, 1.165) is 43.5 Å². The molecule has 0 bridgehead atoms. The number of benzene rings is 1. The Hall–Kier alpha value is -2.72. The Morgan fingerprint density at radius 1 is 1.23 bits per heavy atom. The number of aromatic nitrogens is 4. The molecule has 1 N–H and O–H groups in total. The maximum Gasteiger partial charge on any atom is 0.266 e. The lowest BCUT2D eigenvalue weighted by Gasteiger charge is -2.32. The second kappa shape index (κ2) is 8.80. The molecule has 164 valence electrons. The molecule has 1 fully saturated rings. The zero-order chi connectivity index (χ0) is 22.0. The molecule has 4 rings (SSSR count). The van der Waals surface area contributed by atoms with Gasteiger partial charge in [0.05, 0.1) is 5.02 Å². The molecular weight excluding hydrogens is 445 g/mol. The lowest BCUT2D eigenvalue weighted by molar-refractivity contribution is 0.126. The van der Waals surface area contributed by atoms with E-state index in [-0.39, 0.29) is 28.6 Å². The number of nitrogens with zero attached hydrogens (tertiary/aromatic N) is 4. The Bertz CT molecular complexity index is 1170. The smallest absolute Gasteiger partial charge is 0.266 e. The van der Waals surface area contributed by atoms with Crippen molar-refractivity contribution in [3.63, 3.8) is 0 Å². The van der Waals surface area contributed by atoms with Gasteiger partial charge < -0.3 is 4.74 Å². The Morgan fingerprint density at radius 3 is 2.74 bits per heavy atom. The molecule has 8 nitrogen and oxygen atoms in total. The zero-order valence-corrected chi connectivity index (χ0v) is 18.3. The summed E-state index contributed by atoms with van der Waals surface area (Å²) in [5.74, 6) is -0.747. The van der Waals surface area contributed by atoms with Crippen molar-refractivity contribution in [3.05, 3.63) is 59.5 Å². The number of sulfonamides is 1. The highest BCUT2D eigenvalue weighted by atomic mass is 35.5. The van der Waals surface area contributed by atoms with Crippen LogP contribution < -0.4 is 9.46 Å². The SMILES string of the molecule is Cn1nccc1[C@H]1CCCC[C@@H]1Oc1cc(F)c(S(=O)(=O)Nc2ccncn2)cc1Cl. The molecule has 0 spiro atoms. The second-order valence-electron chi connectivity index (χ2n) is 7.34. The standard InChI is InChI=1S/C20H21ClFN5O3S/c1-27-16(6-9-25-27)13-4-2-3-5-17(13)30-18-11-15(22)19(10-14(18)21)31(28,29)26-20-7-8-23-12-24-20/h6-13,17H,2-5H2,1H3,(H,23,24,26)/t13-,17+/m1/s1. The number of rotatable bonds is 6. The van der Waals surface area contributed by atoms with Gasteiger partial charge in [-0.2, -0.15) is 5.10 Å². The Kier molecular flexibility index (Phi) is 6.10. The molecule has 0 amide bonds. The summed E-state index contributed by atoms with van der Waals surface area (Å²) in [5.41, 5.74) is 1.04. The van der Waals surface area contributed by atoms with Gasteiger partial charge in [0, 0.05) is 37.1 Å². The van der Waals surface area contributed by atoms with Gasteiger partial charge in [0.1, 0.15) is 34.7 Å². The van der Waals surface area contributed by atoms with Crippen LogP contribution in [-0.2, 0) is 17.1 Å². The highest BCUT2D eigenvalue weighted by Gasteiger charge is 2.31. The molecule has 0 saturated heterocycles. The van der Waals surface area contributed by atoms with Gasteiger partial charge >= 0.3 is 0 Å². The first kappa shape index (κ1) is 21.5. The van der Waals surface area contributed by atoms with Crippen molar-refractivity contribution in [2.75, 3.05) is 4.72 Å². The molecule has 0 aliphatic heterocycles. The number of ether oxygens (including phenoxy) is 1. The van der Waals surface area contributed by atoms with E-state index in [0.29, 0.717) is 0 Å². The number of aryl methyl sites for hydroxylation is 1. The van der Waals surface area contributed by atoms with E-state index in [1.54, 1.807) is 6.20 Å². The van der Waals surface area contributed by atoms with Crippen molar-refractivity contribution in [2.24, 2.45) is 7.05 Å². The first-order valence-corrected chi connectivity index (χ1v) is 11.6. The molecule has 31 heavy (non-hydrogen) atoms. The normalized spacial score (nSPS) is 19.2. The summed E-state index contributed by atoms with van der Waals surface area (Å²) in [6.07, 6.45) is 7.80. The van der Waals surface area contributed by atoms with E-state index in [1.807, 2.05) is 17.8 Å². The quantitative estimate of drug-likeness (QED) is 0.592. The molecule has 1 aliphatic carbocycles. The number of hydrogen-bond donors (Lipinski definition) is 1. The number of halogens is 2. The number of hydrogen-bond acceptors (Lipinski definition) is 6. The topological polar surface area (TPSA) is 99.0 Å². The van der Waals surface area contributed by atoms with Crippen molar-refractivity contribution in [2.45, 2.75) is 42.6 Å². The van der Waals surface area contributed by atoms with Crippen molar-refractivity contribution in [1.82, 2.24) is 19.7 Å². The fourth-order valence-electron chi connectivity index (χ4n) is 3.84. The van der Waals surface area contributed by atoms with E-state index in [1.165, 1.54) is 18.6 Å². The third-order valence-corrected chi connectivity index (χ3v) is 6.98. The van der Waals surface area contributed by atoms with Crippen LogP contribution in [0.4, 0.5) is 10.2 Å². The first-order chi connectivity index (χ1) is 14.8. The van der Waals surface area contributed by atoms with Crippen molar-refractivity contribution < 1.29 is 17.5 Å². The minimum atomic E-state index is -4.24. The summed E-state index contributed by atoms with van der Waals surface area (Å²) in [5, 5.41) is 4.24. The minimum absolute atomic E-state index is 0.0128. The molecular formula is C20H21ClFN5O3S. The van der Waals surface area contributed by atoms with Gasteiger partial charge in [0.25, 0.3) is 10.0 Å². The highest BCUT2D eigenvalue weighted by Crippen LogP contribution is 2.38. The summed E-state index contributed by atoms with van der Waals surface area (Å²) in [6, 6.07) is 5.38. The van der Waals surface area contributed by atoms with Crippen LogP contribution in [0, 0.1) is 5.82 Å². The van der Waals surface area contributed by atoms with Crippen LogP contribution in [-0.4, -0.2) is 34.3 Å². The fraction of sp³-hybridized carbons (Fsp3) is 0.350. The first-order valence-electron chi connectivity index (χ1n) is 9.77. The van der Waals surface area contributed by atoms with Crippen molar-refractivity contribution >= 4 is 27.4 Å². The van der Waals surface area contributed by atoms with Gasteiger partial charge in [-0.3, -0.25) is 9.40 Å². The molecule has 0 radical (unpaired) electrons. The predicted molar refractivity (Wildman–Crippen MR) is 113 cm³/mol. The summed E-state index contributed by atoms with van der Waals surface area (Å²) < 4.78 is 50.1. The van der Waals surface area contributed by atoms with Crippen LogP contribution >= 0.6 is 11.6 Å². The molecule has 1 saturated carbocycles. The molecule has 0 unspecified atom stereocenters. The molecule has 2 atom stereocenters. The Labute approximate surface area is 184 Å². The van der Waals surface area contributed by atoms with Crippen molar-refractivity contribution in [1.29, 1.82) is 0 Å². The fourth-order valence-corrected chi connectivity index (χ4v) is 5.21. The summed E-state index contributed by atoms with van der Waals surface area (Å²) >= 11 is 6.31. The molecule has 1 aliphatic rings. The van der Waals surface area contributed by atoms with E-state index in [2.05, 4.69) is 19.8 Å². The van der Waals surface area contributed by atoms with Gasteiger partial charge in [-0.15, -0.1) is 0 Å². The van der Waals surface area contributed by atoms with Crippen LogP contribution in [0.3, 0.4) is 0 Å². The summed E-state index contributed by atoms with van der Waals surface area (Å²) in [6.45, 7) is 0. The maximum absolute atomic E-state index is 14.8. The van der Waals surface area contributed by atoms with E-state index < -0.39 is 20.7 Å². The van der Waals surface area contributed by atoms with Gasteiger partial charge in [0.15, 0.2) is 0 Å².